The van der Waals surface area contributed by atoms with Crippen molar-refractivity contribution in [3.05, 3.63) is 20.6 Å². The minimum Gasteiger partial charge on any atom is -0.296 e. The minimum absolute atomic E-state index is 0.142. The average molecular weight is 280 g/mol. The molecule has 0 bridgehead atoms. The predicted octanol–water partition coefficient (Wildman–Crippen LogP) is 2.74. The van der Waals surface area contributed by atoms with E-state index >= 15 is 0 Å². The smallest absolute Gasteiger partial charge is 0.269 e. The molecule has 7 heteroatoms. The Balaban J connectivity index is 1.74. The molecule has 3 rings (SSSR count). The third kappa shape index (κ3) is 2.28. The summed E-state index contributed by atoms with van der Waals surface area (Å²) in [5.41, 5.74) is 0.766. The van der Waals surface area contributed by atoms with Crippen molar-refractivity contribution in [1.82, 2.24) is 15.2 Å². The minimum atomic E-state index is -0.142. The van der Waals surface area contributed by atoms with E-state index in [1.807, 2.05) is 13.8 Å². The molecule has 0 saturated heterocycles. The number of anilines is 1. The standard InChI is InChI=1S/C11H12N4OS2/c1-5-8(17-6(2)12-5)9(16)13-11-15-14-10(18-11)7-3-4-7/h7H,3-4H2,1-2H3,(H,13,15,16). The van der Waals surface area contributed by atoms with Crippen molar-refractivity contribution in [1.29, 1.82) is 0 Å². The first-order valence-electron chi connectivity index (χ1n) is 5.72. The summed E-state index contributed by atoms with van der Waals surface area (Å²) in [5.74, 6) is 0.428. The van der Waals surface area contributed by atoms with Gasteiger partial charge in [0.05, 0.1) is 10.7 Å². The third-order valence-electron chi connectivity index (χ3n) is 2.70. The first-order valence-corrected chi connectivity index (χ1v) is 7.35. The van der Waals surface area contributed by atoms with Crippen molar-refractivity contribution in [3.8, 4) is 0 Å². The van der Waals surface area contributed by atoms with E-state index in [4.69, 9.17) is 0 Å². The molecule has 1 aliphatic carbocycles. The molecule has 1 amide bonds. The van der Waals surface area contributed by atoms with Crippen molar-refractivity contribution in [2.45, 2.75) is 32.6 Å². The lowest BCUT2D eigenvalue weighted by atomic mass is 10.4. The summed E-state index contributed by atoms with van der Waals surface area (Å²) in [6.07, 6.45) is 2.38. The zero-order valence-electron chi connectivity index (χ0n) is 10.1. The van der Waals surface area contributed by atoms with E-state index in [0.29, 0.717) is 15.9 Å². The van der Waals surface area contributed by atoms with Crippen LogP contribution in [0.3, 0.4) is 0 Å². The number of hydrogen-bond acceptors (Lipinski definition) is 6. The molecule has 2 aromatic heterocycles. The zero-order chi connectivity index (χ0) is 12.7. The molecule has 0 unspecified atom stereocenters. The number of nitrogens with zero attached hydrogens (tertiary/aromatic N) is 3. The highest BCUT2D eigenvalue weighted by Crippen LogP contribution is 2.42. The van der Waals surface area contributed by atoms with E-state index in [1.54, 1.807) is 0 Å². The van der Waals surface area contributed by atoms with Crippen LogP contribution in [0.2, 0.25) is 0 Å². The van der Waals surface area contributed by atoms with Gasteiger partial charge in [-0.2, -0.15) is 0 Å². The van der Waals surface area contributed by atoms with Gasteiger partial charge in [0.25, 0.3) is 5.91 Å². The Kier molecular flexibility index (Phi) is 2.87. The van der Waals surface area contributed by atoms with Gasteiger partial charge in [-0.1, -0.05) is 11.3 Å². The number of amides is 1. The van der Waals surface area contributed by atoms with Gasteiger partial charge in [-0.25, -0.2) is 4.98 Å². The van der Waals surface area contributed by atoms with Crippen molar-refractivity contribution in [3.63, 3.8) is 0 Å². The second-order valence-corrected chi connectivity index (χ2v) is 6.53. The van der Waals surface area contributed by atoms with E-state index in [2.05, 4.69) is 20.5 Å². The van der Waals surface area contributed by atoms with Gasteiger partial charge in [-0.05, 0) is 26.7 Å². The maximum absolute atomic E-state index is 12.0. The Morgan fingerprint density at radius 1 is 1.28 bits per heavy atom. The number of carbonyl (C=O) groups excluding carboxylic acids is 1. The fraction of sp³-hybridized carbons (Fsp3) is 0.455. The number of nitrogens with one attached hydrogen (secondary N) is 1. The number of hydrogen-bond donors (Lipinski definition) is 1. The fourth-order valence-corrected chi connectivity index (χ4v) is 3.40. The van der Waals surface area contributed by atoms with Crippen LogP contribution < -0.4 is 5.32 Å². The van der Waals surface area contributed by atoms with Crippen LogP contribution in [0, 0.1) is 13.8 Å². The van der Waals surface area contributed by atoms with Gasteiger partial charge in [0.2, 0.25) is 5.13 Å². The van der Waals surface area contributed by atoms with Crippen LogP contribution >= 0.6 is 22.7 Å². The van der Waals surface area contributed by atoms with Crippen LogP contribution in [0.1, 0.15) is 44.1 Å². The summed E-state index contributed by atoms with van der Waals surface area (Å²) in [7, 11) is 0. The first kappa shape index (κ1) is 11.7. The largest absolute Gasteiger partial charge is 0.296 e. The zero-order valence-corrected chi connectivity index (χ0v) is 11.7. The lowest BCUT2D eigenvalue weighted by molar-refractivity contribution is 0.102. The molecule has 2 heterocycles. The molecule has 1 aliphatic rings. The number of aromatic nitrogens is 3. The molecule has 18 heavy (non-hydrogen) atoms. The normalized spacial score (nSPS) is 14.8. The Morgan fingerprint density at radius 2 is 2.06 bits per heavy atom. The van der Waals surface area contributed by atoms with E-state index in [9.17, 15) is 4.79 Å². The highest BCUT2D eigenvalue weighted by atomic mass is 32.1. The number of carbonyl (C=O) groups is 1. The maximum Gasteiger partial charge on any atom is 0.269 e. The van der Waals surface area contributed by atoms with Gasteiger partial charge in [-0.3, -0.25) is 10.1 Å². The molecule has 1 saturated carbocycles. The highest BCUT2D eigenvalue weighted by Gasteiger charge is 2.28. The number of thiazole rings is 1. The summed E-state index contributed by atoms with van der Waals surface area (Å²) in [5, 5.41) is 13.4. The van der Waals surface area contributed by atoms with E-state index in [-0.39, 0.29) is 5.91 Å². The highest BCUT2D eigenvalue weighted by molar-refractivity contribution is 7.16. The predicted molar refractivity (Wildman–Crippen MR) is 71.4 cm³/mol. The van der Waals surface area contributed by atoms with Crippen molar-refractivity contribution < 1.29 is 4.79 Å². The topological polar surface area (TPSA) is 67.8 Å². The molecule has 0 aliphatic heterocycles. The Hall–Kier alpha value is -1.34. The molecule has 5 nitrogen and oxygen atoms in total. The van der Waals surface area contributed by atoms with Crippen molar-refractivity contribution in [2.24, 2.45) is 0 Å². The van der Waals surface area contributed by atoms with Crippen molar-refractivity contribution >= 4 is 33.7 Å². The van der Waals surface area contributed by atoms with Crippen LogP contribution in [0.15, 0.2) is 0 Å². The lowest BCUT2D eigenvalue weighted by Crippen LogP contribution is -2.11. The number of aryl methyl sites for hydroxylation is 2. The Labute approximate surface area is 112 Å². The van der Waals surface area contributed by atoms with Gasteiger partial charge in [0.1, 0.15) is 9.88 Å². The van der Waals surface area contributed by atoms with Crippen LogP contribution in [-0.2, 0) is 0 Å². The van der Waals surface area contributed by atoms with E-state index in [0.717, 1.165) is 15.7 Å². The van der Waals surface area contributed by atoms with Gasteiger partial charge in [-0.15, -0.1) is 21.5 Å². The molecule has 0 spiro atoms. The second-order valence-electron chi connectivity index (χ2n) is 4.32. The van der Waals surface area contributed by atoms with E-state index in [1.165, 1.54) is 35.5 Å². The molecule has 0 atom stereocenters. The number of rotatable bonds is 3. The molecular weight excluding hydrogens is 268 g/mol. The maximum atomic E-state index is 12.0. The van der Waals surface area contributed by atoms with Crippen molar-refractivity contribution in [2.75, 3.05) is 5.32 Å². The summed E-state index contributed by atoms with van der Waals surface area (Å²) in [6, 6.07) is 0. The van der Waals surface area contributed by atoms with Gasteiger partial charge < -0.3 is 0 Å². The molecule has 1 N–H and O–H groups in total. The molecule has 2 aromatic rings. The van der Waals surface area contributed by atoms with Crippen LogP contribution in [0.25, 0.3) is 0 Å². The Morgan fingerprint density at radius 3 is 2.67 bits per heavy atom. The lowest BCUT2D eigenvalue weighted by Gasteiger charge is -1.97. The van der Waals surface area contributed by atoms with Crippen LogP contribution in [-0.4, -0.2) is 21.1 Å². The quantitative estimate of drug-likeness (QED) is 0.938. The van der Waals surface area contributed by atoms with Gasteiger partial charge in [0, 0.05) is 5.92 Å². The third-order valence-corrected chi connectivity index (χ3v) is 4.77. The van der Waals surface area contributed by atoms with Crippen LogP contribution in [0.4, 0.5) is 5.13 Å². The second kappa shape index (κ2) is 4.40. The molecule has 0 aromatic carbocycles. The first-order chi connectivity index (χ1) is 8.63. The van der Waals surface area contributed by atoms with Gasteiger partial charge in [0.15, 0.2) is 0 Å². The summed E-state index contributed by atoms with van der Waals surface area (Å²) < 4.78 is 0. The molecule has 0 radical (unpaired) electrons. The van der Waals surface area contributed by atoms with E-state index < -0.39 is 0 Å². The molecular formula is C11H12N4OS2. The van der Waals surface area contributed by atoms with Gasteiger partial charge >= 0.3 is 0 Å². The molecule has 94 valence electrons. The molecule has 1 fully saturated rings. The summed E-state index contributed by atoms with van der Waals surface area (Å²) in [6.45, 7) is 3.73. The summed E-state index contributed by atoms with van der Waals surface area (Å²) >= 11 is 2.87. The Bertz CT molecular complexity index is 600. The summed E-state index contributed by atoms with van der Waals surface area (Å²) in [4.78, 5) is 16.9. The SMILES string of the molecule is Cc1nc(C)c(C(=O)Nc2nnc(C3CC3)s2)s1. The average Bonchev–Trinajstić information content (AvgIpc) is 2.97. The van der Waals surface area contributed by atoms with Crippen LogP contribution in [0.5, 0.6) is 0 Å². The fourth-order valence-electron chi connectivity index (χ4n) is 1.68. The monoisotopic (exact) mass is 280 g/mol.